The summed E-state index contributed by atoms with van der Waals surface area (Å²) in [6, 6.07) is 14.9. The summed E-state index contributed by atoms with van der Waals surface area (Å²) < 4.78 is 0. The third-order valence-electron chi connectivity index (χ3n) is 3.88. The molecule has 6 heteroatoms. The number of halogens is 2. The lowest BCUT2D eigenvalue weighted by atomic mass is 10.1. The van der Waals surface area contributed by atoms with Crippen LogP contribution in [0.25, 0.3) is 0 Å². The van der Waals surface area contributed by atoms with E-state index in [0.717, 1.165) is 11.1 Å². The lowest BCUT2D eigenvalue weighted by molar-refractivity contribution is -0.122. The smallest absolute Gasteiger partial charge is 0.220 e. The highest BCUT2D eigenvalue weighted by atomic mass is 35.5. The SMILES string of the molecule is O=C(CCc1ccc(Cl)cc1)NCCNC(=O)CCc1ccc(Cl)cc1. The molecule has 0 aliphatic rings. The molecule has 0 atom stereocenters. The third-order valence-corrected chi connectivity index (χ3v) is 4.38. The first-order valence-electron chi connectivity index (χ1n) is 8.55. The van der Waals surface area contributed by atoms with Crippen molar-refractivity contribution < 1.29 is 9.59 Å². The molecule has 2 aromatic carbocycles. The zero-order valence-corrected chi connectivity index (χ0v) is 15.9. The number of hydrogen-bond acceptors (Lipinski definition) is 2. The van der Waals surface area contributed by atoms with E-state index in [2.05, 4.69) is 10.6 Å². The van der Waals surface area contributed by atoms with Crippen LogP contribution in [0.3, 0.4) is 0 Å². The molecule has 2 aromatic rings. The first-order chi connectivity index (χ1) is 12.5. The second-order valence-corrected chi connectivity index (χ2v) is 6.83. The molecule has 2 N–H and O–H groups in total. The van der Waals surface area contributed by atoms with Crippen molar-refractivity contribution in [1.82, 2.24) is 10.6 Å². The molecule has 0 aliphatic heterocycles. The van der Waals surface area contributed by atoms with Crippen molar-refractivity contribution in [2.75, 3.05) is 13.1 Å². The minimum Gasteiger partial charge on any atom is -0.354 e. The number of aryl methyl sites for hydroxylation is 2. The number of benzene rings is 2. The van der Waals surface area contributed by atoms with E-state index in [-0.39, 0.29) is 11.8 Å². The molecule has 4 nitrogen and oxygen atoms in total. The molecule has 0 fully saturated rings. The van der Waals surface area contributed by atoms with E-state index in [1.54, 1.807) is 0 Å². The number of nitrogens with one attached hydrogen (secondary N) is 2. The van der Waals surface area contributed by atoms with Crippen molar-refractivity contribution in [3.05, 3.63) is 69.7 Å². The number of hydrogen-bond donors (Lipinski definition) is 2. The molecule has 0 spiro atoms. The fraction of sp³-hybridized carbons (Fsp3) is 0.300. The van der Waals surface area contributed by atoms with Crippen molar-refractivity contribution in [1.29, 1.82) is 0 Å². The predicted molar refractivity (Wildman–Crippen MR) is 106 cm³/mol. The molecule has 0 bridgehead atoms. The number of carbonyl (C=O) groups excluding carboxylic acids is 2. The Bertz CT molecular complexity index is 652. The quantitative estimate of drug-likeness (QED) is 0.637. The summed E-state index contributed by atoms with van der Waals surface area (Å²) in [5.41, 5.74) is 2.14. The Morgan fingerprint density at radius 1 is 0.654 bits per heavy atom. The fourth-order valence-electron chi connectivity index (χ4n) is 2.40. The lowest BCUT2D eigenvalue weighted by Crippen LogP contribution is -2.34. The predicted octanol–water partition coefficient (Wildman–Crippen LogP) is 3.79. The largest absolute Gasteiger partial charge is 0.354 e. The van der Waals surface area contributed by atoms with Crippen molar-refractivity contribution in [3.63, 3.8) is 0 Å². The van der Waals surface area contributed by atoms with Gasteiger partial charge in [0.1, 0.15) is 0 Å². The van der Waals surface area contributed by atoms with Gasteiger partial charge < -0.3 is 10.6 Å². The van der Waals surface area contributed by atoms with E-state index >= 15 is 0 Å². The maximum Gasteiger partial charge on any atom is 0.220 e. The molecule has 0 aliphatic carbocycles. The van der Waals surface area contributed by atoms with Gasteiger partial charge in [0.05, 0.1) is 0 Å². The van der Waals surface area contributed by atoms with Crippen LogP contribution >= 0.6 is 23.2 Å². The van der Waals surface area contributed by atoms with Gasteiger partial charge >= 0.3 is 0 Å². The van der Waals surface area contributed by atoms with Crippen LogP contribution in [-0.2, 0) is 22.4 Å². The van der Waals surface area contributed by atoms with E-state index in [1.807, 2.05) is 48.5 Å². The Balaban J connectivity index is 1.54. The van der Waals surface area contributed by atoms with Crippen LogP contribution in [0.5, 0.6) is 0 Å². The summed E-state index contributed by atoms with van der Waals surface area (Å²) in [7, 11) is 0. The maximum absolute atomic E-state index is 11.8. The number of amides is 2. The first-order valence-corrected chi connectivity index (χ1v) is 9.31. The maximum atomic E-state index is 11.8. The molecule has 2 rings (SSSR count). The van der Waals surface area contributed by atoms with Gasteiger partial charge in [-0.2, -0.15) is 0 Å². The van der Waals surface area contributed by atoms with Gasteiger partial charge in [-0.05, 0) is 48.2 Å². The first kappa shape index (κ1) is 20.3. The van der Waals surface area contributed by atoms with E-state index in [1.165, 1.54) is 0 Å². The van der Waals surface area contributed by atoms with Crippen molar-refractivity contribution in [3.8, 4) is 0 Å². The summed E-state index contributed by atoms with van der Waals surface area (Å²) in [5.74, 6) is -0.0641. The third kappa shape index (κ3) is 7.89. The van der Waals surface area contributed by atoms with Crippen LogP contribution < -0.4 is 10.6 Å². The zero-order valence-electron chi connectivity index (χ0n) is 14.4. The van der Waals surface area contributed by atoms with E-state index < -0.39 is 0 Å². The number of rotatable bonds is 9. The standard InChI is InChI=1S/C20H22Cl2N2O2/c21-17-7-1-15(2-8-17)5-11-19(25)23-13-14-24-20(26)12-6-16-3-9-18(22)10-4-16/h1-4,7-10H,5-6,11-14H2,(H,23,25)(H,24,26). The van der Waals surface area contributed by atoms with Gasteiger partial charge in [0.15, 0.2) is 0 Å². The lowest BCUT2D eigenvalue weighted by Gasteiger charge is -2.08. The minimum absolute atomic E-state index is 0.0321. The molecule has 0 saturated carbocycles. The second-order valence-electron chi connectivity index (χ2n) is 5.95. The van der Waals surface area contributed by atoms with Crippen LogP contribution in [0.15, 0.2) is 48.5 Å². The van der Waals surface area contributed by atoms with Gasteiger partial charge in [-0.3, -0.25) is 9.59 Å². The Morgan fingerprint density at radius 2 is 1.00 bits per heavy atom. The summed E-state index contributed by atoms with van der Waals surface area (Å²) in [4.78, 5) is 23.6. The summed E-state index contributed by atoms with van der Waals surface area (Å²) >= 11 is 11.7. The molecular weight excluding hydrogens is 371 g/mol. The van der Waals surface area contributed by atoms with Gasteiger partial charge in [0.2, 0.25) is 11.8 Å². The highest BCUT2D eigenvalue weighted by Crippen LogP contribution is 2.11. The molecule has 138 valence electrons. The van der Waals surface area contributed by atoms with Crippen molar-refractivity contribution in [2.24, 2.45) is 0 Å². The van der Waals surface area contributed by atoms with Gasteiger partial charge in [-0.15, -0.1) is 0 Å². The monoisotopic (exact) mass is 392 g/mol. The molecule has 0 heterocycles. The summed E-state index contributed by atoms with van der Waals surface area (Å²) in [6.07, 6.45) is 2.14. The second kappa shape index (κ2) is 10.8. The highest BCUT2D eigenvalue weighted by molar-refractivity contribution is 6.30. The van der Waals surface area contributed by atoms with Crippen LogP contribution in [0.4, 0.5) is 0 Å². The molecule has 0 saturated heterocycles. The Kier molecular flexibility index (Phi) is 8.45. The van der Waals surface area contributed by atoms with Gasteiger partial charge in [0.25, 0.3) is 0 Å². The Labute approximate surface area is 163 Å². The van der Waals surface area contributed by atoms with E-state index in [0.29, 0.717) is 48.8 Å². The molecule has 2 amide bonds. The molecular formula is C20H22Cl2N2O2. The molecule has 0 unspecified atom stereocenters. The minimum atomic E-state index is -0.0321. The fourth-order valence-corrected chi connectivity index (χ4v) is 2.65. The summed E-state index contributed by atoms with van der Waals surface area (Å²) in [6.45, 7) is 0.846. The zero-order chi connectivity index (χ0) is 18.8. The molecule has 26 heavy (non-hydrogen) atoms. The molecule has 0 radical (unpaired) electrons. The van der Waals surface area contributed by atoms with Gasteiger partial charge in [0, 0.05) is 36.0 Å². The Morgan fingerprint density at radius 3 is 1.35 bits per heavy atom. The van der Waals surface area contributed by atoms with Crippen molar-refractivity contribution in [2.45, 2.75) is 25.7 Å². The van der Waals surface area contributed by atoms with Crippen molar-refractivity contribution >= 4 is 35.0 Å². The average Bonchev–Trinajstić information content (AvgIpc) is 2.64. The topological polar surface area (TPSA) is 58.2 Å². The summed E-state index contributed by atoms with van der Waals surface area (Å²) in [5, 5.41) is 6.98. The average molecular weight is 393 g/mol. The van der Waals surface area contributed by atoms with Crippen LogP contribution in [0.2, 0.25) is 10.0 Å². The van der Waals surface area contributed by atoms with E-state index in [4.69, 9.17) is 23.2 Å². The molecule has 0 aromatic heterocycles. The highest BCUT2D eigenvalue weighted by Gasteiger charge is 2.04. The van der Waals surface area contributed by atoms with Crippen LogP contribution in [0.1, 0.15) is 24.0 Å². The number of carbonyl (C=O) groups is 2. The van der Waals surface area contributed by atoms with Gasteiger partial charge in [-0.25, -0.2) is 0 Å². The van der Waals surface area contributed by atoms with Crippen LogP contribution in [-0.4, -0.2) is 24.9 Å². The normalized spacial score (nSPS) is 10.4. The van der Waals surface area contributed by atoms with Gasteiger partial charge in [-0.1, -0.05) is 47.5 Å². The van der Waals surface area contributed by atoms with E-state index in [9.17, 15) is 9.59 Å². The Hall–Kier alpha value is -2.04. The van der Waals surface area contributed by atoms with Crippen LogP contribution in [0, 0.1) is 0 Å².